The number of anilines is 1. The van der Waals surface area contributed by atoms with Gasteiger partial charge in [-0.05, 0) is 25.0 Å². The van der Waals surface area contributed by atoms with E-state index in [0.717, 1.165) is 15.7 Å². The van der Waals surface area contributed by atoms with Crippen molar-refractivity contribution in [2.75, 3.05) is 5.73 Å². The van der Waals surface area contributed by atoms with E-state index in [0.29, 0.717) is 16.8 Å². The van der Waals surface area contributed by atoms with Crippen LogP contribution < -0.4 is 5.73 Å². The smallest absolute Gasteiger partial charge is 0.117 e. The van der Waals surface area contributed by atoms with Crippen molar-refractivity contribution >= 4 is 33.2 Å². The second-order valence-electron chi connectivity index (χ2n) is 4.98. The van der Waals surface area contributed by atoms with Gasteiger partial charge in [-0.2, -0.15) is 5.10 Å². The summed E-state index contributed by atoms with van der Waals surface area (Å²) >= 11 is 9.68. The molecule has 2 aromatic rings. The molecule has 1 heterocycles. The molecule has 0 amide bonds. The van der Waals surface area contributed by atoms with Crippen LogP contribution >= 0.6 is 27.5 Å². The molecule has 1 aromatic carbocycles. The van der Waals surface area contributed by atoms with Crippen molar-refractivity contribution in [1.82, 2.24) is 9.78 Å². The maximum atomic E-state index is 6.27. The van der Waals surface area contributed by atoms with E-state index < -0.39 is 0 Å². The first-order valence-corrected chi connectivity index (χ1v) is 7.62. The lowest BCUT2D eigenvalue weighted by molar-refractivity contribution is 0.468. The summed E-state index contributed by atoms with van der Waals surface area (Å²) in [7, 11) is 0. The highest BCUT2D eigenvalue weighted by Gasteiger charge is 2.20. The fourth-order valence-corrected chi connectivity index (χ4v) is 3.42. The van der Waals surface area contributed by atoms with Crippen molar-refractivity contribution in [3.05, 3.63) is 33.9 Å². The minimum Gasteiger partial charge on any atom is -0.396 e. The van der Waals surface area contributed by atoms with Gasteiger partial charge in [-0.1, -0.05) is 46.4 Å². The zero-order valence-corrected chi connectivity index (χ0v) is 12.8. The average Bonchev–Trinajstić information content (AvgIpc) is 2.98. The molecule has 0 spiro atoms. The van der Waals surface area contributed by atoms with Gasteiger partial charge in [-0.3, -0.25) is 4.68 Å². The summed E-state index contributed by atoms with van der Waals surface area (Å²) in [4.78, 5) is 0. The van der Waals surface area contributed by atoms with E-state index in [4.69, 9.17) is 17.3 Å². The van der Waals surface area contributed by atoms with Crippen LogP contribution in [0.3, 0.4) is 0 Å². The Morgan fingerprint density at radius 2 is 2.05 bits per heavy atom. The summed E-state index contributed by atoms with van der Waals surface area (Å²) in [5.41, 5.74) is 8.46. The van der Waals surface area contributed by atoms with Crippen molar-refractivity contribution in [2.45, 2.75) is 31.7 Å². The van der Waals surface area contributed by atoms with E-state index in [9.17, 15) is 0 Å². The number of hydrogen-bond donors (Lipinski definition) is 1. The Labute approximate surface area is 125 Å². The molecule has 1 aliphatic carbocycles. The van der Waals surface area contributed by atoms with Crippen LogP contribution in [0.5, 0.6) is 0 Å². The molecule has 0 radical (unpaired) electrons. The van der Waals surface area contributed by atoms with Gasteiger partial charge >= 0.3 is 0 Å². The molecule has 1 saturated carbocycles. The van der Waals surface area contributed by atoms with E-state index in [1.165, 1.54) is 25.7 Å². The highest BCUT2D eigenvalue weighted by atomic mass is 79.9. The van der Waals surface area contributed by atoms with Gasteiger partial charge in [0, 0.05) is 16.2 Å². The van der Waals surface area contributed by atoms with Crippen molar-refractivity contribution in [3.8, 4) is 11.3 Å². The molecule has 1 aliphatic rings. The fraction of sp³-hybridized carbons (Fsp3) is 0.357. The van der Waals surface area contributed by atoms with Crippen LogP contribution in [0.4, 0.5) is 5.69 Å². The molecule has 0 aliphatic heterocycles. The van der Waals surface area contributed by atoms with E-state index >= 15 is 0 Å². The molecule has 1 aromatic heterocycles. The molecule has 3 rings (SSSR count). The Kier molecular flexibility index (Phi) is 3.54. The van der Waals surface area contributed by atoms with E-state index in [1.54, 1.807) is 0 Å². The second-order valence-corrected chi connectivity index (χ2v) is 6.30. The molecule has 0 saturated heterocycles. The zero-order valence-electron chi connectivity index (χ0n) is 10.4. The lowest BCUT2D eigenvalue weighted by Crippen LogP contribution is -2.04. The molecule has 0 bridgehead atoms. The van der Waals surface area contributed by atoms with Crippen molar-refractivity contribution < 1.29 is 0 Å². The summed E-state index contributed by atoms with van der Waals surface area (Å²) in [5, 5.41) is 5.31. The number of hydrogen-bond acceptors (Lipinski definition) is 2. The lowest BCUT2D eigenvalue weighted by Gasteiger charge is -2.08. The van der Waals surface area contributed by atoms with Crippen molar-refractivity contribution in [3.63, 3.8) is 0 Å². The number of rotatable bonds is 2. The van der Waals surface area contributed by atoms with Crippen LogP contribution in [0.1, 0.15) is 31.7 Å². The van der Waals surface area contributed by atoms with Gasteiger partial charge in [0.1, 0.15) is 5.69 Å². The van der Waals surface area contributed by atoms with Gasteiger partial charge in [0.2, 0.25) is 0 Å². The third-order valence-corrected chi connectivity index (χ3v) is 4.45. The second kappa shape index (κ2) is 5.17. The molecule has 100 valence electrons. The Morgan fingerprint density at radius 1 is 1.32 bits per heavy atom. The minimum absolute atomic E-state index is 0.491. The Bertz CT molecular complexity index is 603. The summed E-state index contributed by atoms with van der Waals surface area (Å²) < 4.78 is 2.96. The maximum absolute atomic E-state index is 6.27. The monoisotopic (exact) mass is 339 g/mol. The number of nitrogen functional groups attached to an aromatic ring is 1. The Hall–Kier alpha value is -1.000. The largest absolute Gasteiger partial charge is 0.396 e. The van der Waals surface area contributed by atoms with Crippen LogP contribution in [-0.4, -0.2) is 9.78 Å². The normalized spacial score (nSPS) is 16.1. The molecule has 19 heavy (non-hydrogen) atoms. The van der Waals surface area contributed by atoms with Gasteiger partial charge in [0.25, 0.3) is 0 Å². The van der Waals surface area contributed by atoms with E-state index in [-0.39, 0.29) is 0 Å². The predicted molar refractivity (Wildman–Crippen MR) is 82.3 cm³/mol. The molecule has 1 fully saturated rings. The SMILES string of the molecule is Nc1cn(C2CCCC2)nc1-c1ccc(Br)cc1Cl. The van der Waals surface area contributed by atoms with Crippen LogP contribution in [0.15, 0.2) is 28.9 Å². The molecule has 0 unspecified atom stereocenters. The first-order valence-electron chi connectivity index (χ1n) is 6.45. The van der Waals surface area contributed by atoms with Gasteiger partial charge in [0.05, 0.1) is 16.8 Å². The minimum atomic E-state index is 0.491. The summed E-state index contributed by atoms with van der Waals surface area (Å²) in [5.74, 6) is 0. The summed E-state index contributed by atoms with van der Waals surface area (Å²) in [6.07, 6.45) is 6.87. The number of aromatic nitrogens is 2. The van der Waals surface area contributed by atoms with Gasteiger partial charge < -0.3 is 5.73 Å². The first-order chi connectivity index (χ1) is 9.15. The Morgan fingerprint density at radius 3 is 2.74 bits per heavy atom. The van der Waals surface area contributed by atoms with Crippen LogP contribution in [0.25, 0.3) is 11.3 Å². The zero-order chi connectivity index (χ0) is 13.4. The highest BCUT2D eigenvalue weighted by molar-refractivity contribution is 9.10. The third kappa shape index (κ3) is 2.51. The molecule has 0 atom stereocenters. The summed E-state index contributed by atoms with van der Waals surface area (Å²) in [6.45, 7) is 0. The lowest BCUT2D eigenvalue weighted by atomic mass is 10.1. The molecular weight excluding hydrogens is 326 g/mol. The predicted octanol–water partition coefficient (Wildman–Crippen LogP) is 4.66. The molecule has 2 N–H and O–H groups in total. The topological polar surface area (TPSA) is 43.8 Å². The number of nitrogens with zero attached hydrogens (tertiary/aromatic N) is 2. The van der Waals surface area contributed by atoms with Crippen LogP contribution in [0.2, 0.25) is 5.02 Å². The quantitative estimate of drug-likeness (QED) is 0.864. The third-order valence-electron chi connectivity index (χ3n) is 3.65. The van der Waals surface area contributed by atoms with Crippen LogP contribution in [0, 0.1) is 0 Å². The fourth-order valence-electron chi connectivity index (χ4n) is 2.65. The number of halogens is 2. The van der Waals surface area contributed by atoms with Crippen molar-refractivity contribution in [1.29, 1.82) is 0 Å². The summed E-state index contributed by atoms with van der Waals surface area (Å²) in [6, 6.07) is 6.26. The van der Waals surface area contributed by atoms with Gasteiger partial charge in [0.15, 0.2) is 0 Å². The highest BCUT2D eigenvalue weighted by Crippen LogP contribution is 2.35. The van der Waals surface area contributed by atoms with Gasteiger partial charge in [-0.15, -0.1) is 0 Å². The first kappa shape index (κ1) is 13.0. The maximum Gasteiger partial charge on any atom is 0.117 e. The Balaban J connectivity index is 2.00. The van der Waals surface area contributed by atoms with Gasteiger partial charge in [-0.25, -0.2) is 0 Å². The van der Waals surface area contributed by atoms with E-state index in [1.807, 2.05) is 29.1 Å². The molecular formula is C14H15BrClN3. The number of nitrogens with two attached hydrogens (primary N) is 1. The molecule has 3 nitrogen and oxygen atoms in total. The molecule has 5 heteroatoms. The standard InChI is InChI=1S/C14H15BrClN3/c15-9-5-6-11(12(16)7-9)14-13(17)8-19(18-14)10-3-1-2-4-10/h5-8,10H,1-4,17H2. The van der Waals surface area contributed by atoms with E-state index in [2.05, 4.69) is 21.0 Å². The van der Waals surface area contributed by atoms with Crippen LogP contribution in [-0.2, 0) is 0 Å². The number of benzene rings is 1. The van der Waals surface area contributed by atoms with Crippen molar-refractivity contribution in [2.24, 2.45) is 0 Å². The average molecular weight is 341 g/mol.